The van der Waals surface area contributed by atoms with Crippen LogP contribution < -0.4 is 0 Å². The molecular formula is C24H38O5S. The van der Waals surface area contributed by atoms with E-state index in [4.69, 9.17) is 4.74 Å². The molecule has 0 aliphatic heterocycles. The Morgan fingerprint density at radius 2 is 2.00 bits per heavy atom. The minimum atomic E-state index is -0.506. The molecule has 6 heteroatoms. The summed E-state index contributed by atoms with van der Waals surface area (Å²) in [6.07, 6.45) is 8.72. The molecule has 0 radical (unpaired) electrons. The van der Waals surface area contributed by atoms with Crippen molar-refractivity contribution in [2.45, 2.75) is 96.1 Å². The van der Waals surface area contributed by atoms with E-state index in [1.54, 1.807) is 11.3 Å². The van der Waals surface area contributed by atoms with Crippen LogP contribution in [0.2, 0.25) is 0 Å². The third-order valence-corrected chi connectivity index (χ3v) is 6.79. The van der Waals surface area contributed by atoms with E-state index in [-0.39, 0.29) is 30.0 Å². The van der Waals surface area contributed by atoms with E-state index in [0.717, 1.165) is 32.1 Å². The topological polar surface area (TPSA) is 87.0 Å². The second-order valence-electron chi connectivity index (χ2n) is 8.69. The van der Waals surface area contributed by atoms with Gasteiger partial charge in [0.15, 0.2) is 0 Å². The van der Waals surface area contributed by atoms with E-state index in [1.165, 1.54) is 4.88 Å². The number of aryl methyl sites for hydroxylation is 1. The second kappa shape index (κ2) is 13.3. The van der Waals surface area contributed by atoms with Gasteiger partial charge in [-0.1, -0.05) is 18.2 Å². The van der Waals surface area contributed by atoms with E-state index in [9.17, 15) is 20.1 Å². The second-order valence-corrected chi connectivity index (χ2v) is 9.72. The van der Waals surface area contributed by atoms with Crippen LogP contribution in [0.1, 0.15) is 70.1 Å². The zero-order valence-electron chi connectivity index (χ0n) is 18.3. The SMILES string of the molecule is CC(C)OC(=O)CCC/C=C\C[C@H]1C(O)CC(O)[C@@H]1CCC(O)CCc1cccs1. The molecular weight excluding hydrogens is 400 g/mol. The molecule has 2 rings (SSSR count). The Balaban J connectivity index is 1.69. The average Bonchev–Trinajstić information content (AvgIpc) is 3.28. The van der Waals surface area contributed by atoms with Crippen LogP contribution in [-0.4, -0.2) is 45.7 Å². The smallest absolute Gasteiger partial charge is 0.306 e. The van der Waals surface area contributed by atoms with Gasteiger partial charge in [-0.2, -0.15) is 0 Å². The first-order valence-corrected chi connectivity index (χ1v) is 12.2. The van der Waals surface area contributed by atoms with Crippen molar-refractivity contribution >= 4 is 17.3 Å². The highest BCUT2D eigenvalue weighted by molar-refractivity contribution is 7.09. The number of unbranched alkanes of at least 4 members (excludes halogenated alkanes) is 1. The number of allylic oxidation sites excluding steroid dienone is 2. The van der Waals surface area contributed by atoms with Gasteiger partial charge in [-0.05, 0) is 88.5 Å². The number of hydrogen-bond donors (Lipinski definition) is 3. The number of hydrogen-bond acceptors (Lipinski definition) is 6. The summed E-state index contributed by atoms with van der Waals surface area (Å²) in [4.78, 5) is 12.8. The first kappa shape index (κ1) is 25.1. The van der Waals surface area contributed by atoms with Crippen LogP contribution in [0.15, 0.2) is 29.7 Å². The number of aliphatic hydroxyl groups excluding tert-OH is 3. The average molecular weight is 439 g/mol. The summed E-state index contributed by atoms with van der Waals surface area (Å²) in [6, 6.07) is 4.11. The van der Waals surface area contributed by atoms with Gasteiger partial charge >= 0.3 is 5.97 Å². The number of thiophene rings is 1. The molecule has 1 aromatic heterocycles. The highest BCUT2D eigenvalue weighted by atomic mass is 32.1. The third kappa shape index (κ3) is 8.88. The summed E-state index contributed by atoms with van der Waals surface area (Å²) in [7, 11) is 0. The lowest BCUT2D eigenvalue weighted by Crippen LogP contribution is -2.23. The lowest BCUT2D eigenvalue weighted by Gasteiger charge is -2.23. The molecule has 30 heavy (non-hydrogen) atoms. The molecule has 0 amide bonds. The molecule has 1 aromatic rings. The molecule has 3 unspecified atom stereocenters. The summed E-state index contributed by atoms with van der Waals surface area (Å²) in [5, 5.41) is 33.1. The Morgan fingerprint density at radius 3 is 2.70 bits per heavy atom. The maximum absolute atomic E-state index is 11.5. The van der Waals surface area contributed by atoms with Gasteiger partial charge in [0.2, 0.25) is 0 Å². The number of esters is 1. The van der Waals surface area contributed by atoms with Crippen molar-refractivity contribution in [3.8, 4) is 0 Å². The fraction of sp³-hybridized carbons (Fsp3) is 0.708. The van der Waals surface area contributed by atoms with Crippen molar-refractivity contribution in [1.29, 1.82) is 0 Å². The van der Waals surface area contributed by atoms with Gasteiger partial charge < -0.3 is 20.1 Å². The van der Waals surface area contributed by atoms with Crippen LogP contribution >= 0.6 is 11.3 Å². The van der Waals surface area contributed by atoms with Crippen molar-refractivity contribution < 1.29 is 24.9 Å². The highest BCUT2D eigenvalue weighted by Crippen LogP contribution is 2.38. The van der Waals surface area contributed by atoms with Crippen LogP contribution in [0.5, 0.6) is 0 Å². The largest absolute Gasteiger partial charge is 0.463 e. The standard InChI is InChI=1S/C24H38O5S/c1-17(2)29-24(28)10-6-4-3-5-9-20-21(23(27)16-22(20)26)14-12-18(25)11-13-19-8-7-15-30-19/h3,5,7-8,15,17-18,20-23,25-27H,4,6,9-14,16H2,1-2H3/b5-3-/t18?,20-,21-,22?,23?/m1/s1. The van der Waals surface area contributed by atoms with Gasteiger partial charge in [0.1, 0.15) is 0 Å². The lowest BCUT2D eigenvalue weighted by molar-refractivity contribution is -0.147. The van der Waals surface area contributed by atoms with E-state index < -0.39 is 12.2 Å². The van der Waals surface area contributed by atoms with Crippen LogP contribution in [-0.2, 0) is 16.0 Å². The van der Waals surface area contributed by atoms with E-state index in [1.807, 2.05) is 31.4 Å². The minimum Gasteiger partial charge on any atom is -0.463 e. The molecule has 1 fully saturated rings. The Hall–Kier alpha value is -1.21. The monoisotopic (exact) mass is 438 g/mol. The Kier molecular flexibility index (Phi) is 11.1. The predicted molar refractivity (Wildman–Crippen MR) is 120 cm³/mol. The maximum Gasteiger partial charge on any atom is 0.306 e. The van der Waals surface area contributed by atoms with E-state index in [0.29, 0.717) is 25.7 Å². The molecule has 1 heterocycles. The first-order valence-electron chi connectivity index (χ1n) is 11.3. The number of aliphatic hydroxyl groups is 3. The molecule has 1 saturated carbocycles. The van der Waals surface area contributed by atoms with Crippen LogP contribution in [0.25, 0.3) is 0 Å². The van der Waals surface area contributed by atoms with Gasteiger partial charge in [-0.25, -0.2) is 0 Å². The minimum absolute atomic E-state index is 0.0158. The summed E-state index contributed by atoms with van der Waals surface area (Å²) >= 11 is 1.71. The number of rotatable bonds is 13. The van der Waals surface area contributed by atoms with Crippen LogP contribution in [0, 0.1) is 11.8 Å². The molecule has 0 aromatic carbocycles. The Morgan fingerprint density at radius 1 is 1.23 bits per heavy atom. The van der Waals surface area contributed by atoms with E-state index >= 15 is 0 Å². The zero-order valence-corrected chi connectivity index (χ0v) is 19.1. The normalized spacial score (nSPS) is 25.3. The van der Waals surface area contributed by atoms with Gasteiger partial charge in [0.25, 0.3) is 0 Å². The molecule has 0 saturated heterocycles. The van der Waals surface area contributed by atoms with Gasteiger partial charge in [-0.15, -0.1) is 11.3 Å². The quantitative estimate of drug-likeness (QED) is 0.243. The number of ether oxygens (including phenoxy) is 1. The maximum atomic E-state index is 11.5. The van der Waals surface area contributed by atoms with Gasteiger partial charge in [-0.3, -0.25) is 4.79 Å². The van der Waals surface area contributed by atoms with Crippen LogP contribution in [0.3, 0.4) is 0 Å². The Labute approximate surface area is 184 Å². The first-order chi connectivity index (χ1) is 14.4. The van der Waals surface area contributed by atoms with Crippen molar-refractivity contribution in [2.24, 2.45) is 11.8 Å². The molecule has 5 nitrogen and oxygen atoms in total. The summed E-state index contributed by atoms with van der Waals surface area (Å²) < 4.78 is 5.12. The number of carbonyl (C=O) groups is 1. The highest BCUT2D eigenvalue weighted by Gasteiger charge is 2.40. The Bertz CT molecular complexity index is 628. The molecule has 5 atom stereocenters. The molecule has 170 valence electrons. The summed E-state index contributed by atoms with van der Waals surface area (Å²) in [5.74, 6) is -0.126. The molecule has 0 bridgehead atoms. The fourth-order valence-electron chi connectivity index (χ4n) is 4.26. The molecule has 1 aliphatic rings. The molecule has 1 aliphatic carbocycles. The number of carbonyl (C=O) groups excluding carboxylic acids is 1. The van der Waals surface area contributed by atoms with Crippen molar-refractivity contribution in [1.82, 2.24) is 0 Å². The lowest BCUT2D eigenvalue weighted by atomic mass is 9.85. The van der Waals surface area contributed by atoms with Gasteiger partial charge in [0, 0.05) is 11.3 Å². The zero-order chi connectivity index (χ0) is 21.9. The van der Waals surface area contributed by atoms with Crippen molar-refractivity contribution in [3.05, 3.63) is 34.5 Å². The molecule has 0 spiro atoms. The summed E-state index contributed by atoms with van der Waals surface area (Å²) in [5.41, 5.74) is 0. The predicted octanol–water partition coefficient (Wildman–Crippen LogP) is 4.25. The summed E-state index contributed by atoms with van der Waals surface area (Å²) in [6.45, 7) is 3.69. The molecule has 3 N–H and O–H groups in total. The van der Waals surface area contributed by atoms with E-state index in [2.05, 4.69) is 12.1 Å². The third-order valence-electron chi connectivity index (χ3n) is 5.85. The fourth-order valence-corrected chi connectivity index (χ4v) is 4.98. The van der Waals surface area contributed by atoms with Gasteiger partial charge in [0.05, 0.1) is 24.4 Å². The van der Waals surface area contributed by atoms with Crippen molar-refractivity contribution in [3.63, 3.8) is 0 Å². The van der Waals surface area contributed by atoms with Crippen molar-refractivity contribution in [2.75, 3.05) is 0 Å². The van der Waals surface area contributed by atoms with Crippen LogP contribution in [0.4, 0.5) is 0 Å².